The highest BCUT2D eigenvalue weighted by molar-refractivity contribution is 7.74. The Morgan fingerprint density at radius 2 is 1.80 bits per heavy atom. The van der Waals surface area contributed by atoms with Crippen LogP contribution in [0.4, 0.5) is 5.69 Å². The van der Waals surface area contributed by atoms with Crippen LogP contribution in [0.1, 0.15) is 0 Å². The Morgan fingerprint density at radius 1 is 1.13 bits per heavy atom. The molecule has 5 heteroatoms. The topological polar surface area (TPSA) is 72.5 Å². The van der Waals surface area contributed by atoms with Crippen LogP contribution in [-0.4, -0.2) is 8.76 Å². The highest BCUT2D eigenvalue weighted by atomic mass is 32.2. The Kier molecular flexibility index (Phi) is 2.57. The second-order valence-electron chi connectivity index (χ2n) is 3.00. The largest absolute Gasteiger partial charge is 0.398 e. The standard InChI is InChI=1S/C10H9NO3S/c11-9-5-6-10(14-15(12)13)8-4-2-1-3-7(8)9/h1-6H,11H2,(H,12,13). The van der Waals surface area contributed by atoms with Crippen molar-refractivity contribution in [2.75, 3.05) is 5.73 Å². The first kappa shape index (κ1) is 9.95. The molecule has 0 aromatic heterocycles. The molecular weight excluding hydrogens is 214 g/mol. The molecule has 0 radical (unpaired) electrons. The lowest BCUT2D eigenvalue weighted by molar-refractivity contribution is 0.460. The van der Waals surface area contributed by atoms with Crippen LogP contribution in [0.25, 0.3) is 10.8 Å². The summed E-state index contributed by atoms with van der Waals surface area (Å²) in [5.74, 6) is 0.348. The number of nitrogens with two attached hydrogens (primary N) is 1. The SMILES string of the molecule is Nc1ccc(OS(=O)O)c2ccccc12. The zero-order valence-corrected chi connectivity index (χ0v) is 8.53. The molecule has 78 valence electrons. The minimum Gasteiger partial charge on any atom is -0.398 e. The molecule has 0 bridgehead atoms. The molecule has 0 aliphatic rings. The Labute approximate surface area is 89.2 Å². The fraction of sp³-hybridized carbons (Fsp3) is 0. The van der Waals surface area contributed by atoms with Gasteiger partial charge in [-0.1, -0.05) is 24.3 Å². The molecule has 0 aliphatic heterocycles. The molecule has 15 heavy (non-hydrogen) atoms. The van der Waals surface area contributed by atoms with E-state index in [0.29, 0.717) is 11.4 Å². The van der Waals surface area contributed by atoms with E-state index in [1.54, 1.807) is 18.2 Å². The van der Waals surface area contributed by atoms with Gasteiger partial charge in [0.1, 0.15) is 0 Å². The summed E-state index contributed by atoms with van der Waals surface area (Å²) in [4.78, 5) is 0. The molecule has 1 unspecified atom stereocenters. The molecule has 0 fully saturated rings. The van der Waals surface area contributed by atoms with Gasteiger partial charge >= 0.3 is 11.4 Å². The van der Waals surface area contributed by atoms with Crippen molar-refractivity contribution >= 4 is 27.8 Å². The lowest BCUT2D eigenvalue weighted by Gasteiger charge is -2.06. The van der Waals surface area contributed by atoms with Crippen molar-refractivity contribution in [3.05, 3.63) is 36.4 Å². The third kappa shape index (κ3) is 1.93. The van der Waals surface area contributed by atoms with Crippen LogP contribution in [-0.2, 0) is 11.4 Å². The van der Waals surface area contributed by atoms with E-state index < -0.39 is 11.4 Å². The second-order valence-corrected chi connectivity index (χ2v) is 3.60. The van der Waals surface area contributed by atoms with Gasteiger partial charge < -0.3 is 9.92 Å². The van der Waals surface area contributed by atoms with Gasteiger partial charge in [0.05, 0.1) is 0 Å². The average Bonchev–Trinajstić information content (AvgIpc) is 2.22. The number of hydrogen-bond acceptors (Lipinski definition) is 3. The normalized spacial score (nSPS) is 12.6. The van der Waals surface area contributed by atoms with Crippen molar-refractivity contribution < 1.29 is 12.9 Å². The number of nitrogen functional groups attached to an aromatic ring is 1. The van der Waals surface area contributed by atoms with E-state index >= 15 is 0 Å². The van der Waals surface area contributed by atoms with Crippen molar-refractivity contribution in [3.63, 3.8) is 0 Å². The van der Waals surface area contributed by atoms with E-state index in [9.17, 15) is 4.21 Å². The van der Waals surface area contributed by atoms with E-state index in [-0.39, 0.29) is 0 Å². The summed E-state index contributed by atoms with van der Waals surface area (Å²) < 4.78 is 24.0. The van der Waals surface area contributed by atoms with Gasteiger partial charge in [0.25, 0.3) is 0 Å². The third-order valence-electron chi connectivity index (χ3n) is 2.08. The van der Waals surface area contributed by atoms with Gasteiger partial charge in [-0.25, -0.2) is 0 Å². The number of fused-ring (bicyclic) bond motifs is 1. The lowest BCUT2D eigenvalue weighted by Crippen LogP contribution is -1.98. The molecule has 4 nitrogen and oxygen atoms in total. The van der Waals surface area contributed by atoms with Crippen molar-refractivity contribution in [1.82, 2.24) is 0 Å². The van der Waals surface area contributed by atoms with Gasteiger partial charge in [-0.15, -0.1) is 0 Å². The van der Waals surface area contributed by atoms with Gasteiger partial charge in [-0.05, 0) is 12.1 Å². The smallest absolute Gasteiger partial charge is 0.357 e. The zero-order valence-electron chi connectivity index (χ0n) is 7.71. The summed E-state index contributed by atoms with van der Waals surface area (Å²) in [5.41, 5.74) is 6.37. The van der Waals surface area contributed by atoms with Crippen molar-refractivity contribution in [3.8, 4) is 5.75 Å². The summed E-state index contributed by atoms with van der Waals surface area (Å²) >= 11 is -2.32. The maximum absolute atomic E-state index is 10.6. The Bertz CT molecular complexity index is 527. The van der Waals surface area contributed by atoms with Gasteiger partial charge in [-0.3, -0.25) is 4.55 Å². The van der Waals surface area contributed by atoms with Gasteiger partial charge in [0, 0.05) is 16.5 Å². The van der Waals surface area contributed by atoms with Crippen LogP contribution < -0.4 is 9.92 Å². The van der Waals surface area contributed by atoms with E-state index in [2.05, 4.69) is 0 Å². The first-order chi connectivity index (χ1) is 7.18. The van der Waals surface area contributed by atoms with Crippen molar-refractivity contribution in [1.29, 1.82) is 0 Å². The Balaban J connectivity index is 2.66. The highest BCUT2D eigenvalue weighted by Gasteiger charge is 2.06. The Hall–Kier alpha value is -1.59. The molecule has 2 aromatic carbocycles. The monoisotopic (exact) mass is 223 g/mol. The molecular formula is C10H9NO3S. The van der Waals surface area contributed by atoms with E-state index in [4.69, 9.17) is 14.5 Å². The van der Waals surface area contributed by atoms with Gasteiger partial charge in [-0.2, -0.15) is 4.21 Å². The predicted octanol–water partition coefficient (Wildman–Crippen LogP) is 1.94. The molecule has 0 aliphatic carbocycles. The molecule has 3 N–H and O–H groups in total. The highest BCUT2D eigenvalue weighted by Crippen LogP contribution is 2.30. The number of rotatable bonds is 2. The minimum absolute atomic E-state index is 0.348. The molecule has 0 amide bonds. The fourth-order valence-corrected chi connectivity index (χ4v) is 1.74. The summed E-state index contributed by atoms with van der Waals surface area (Å²) in [7, 11) is 0. The average molecular weight is 223 g/mol. The zero-order chi connectivity index (χ0) is 10.8. The van der Waals surface area contributed by atoms with E-state index in [1.165, 1.54) is 0 Å². The summed E-state index contributed by atoms with van der Waals surface area (Å²) in [6, 6.07) is 10.5. The molecule has 0 saturated carbocycles. The van der Waals surface area contributed by atoms with Crippen LogP contribution in [0.2, 0.25) is 0 Å². The van der Waals surface area contributed by atoms with Gasteiger partial charge in [0.15, 0.2) is 5.75 Å². The minimum atomic E-state index is -2.32. The molecule has 0 heterocycles. The molecule has 2 aromatic rings. The summed E-state index contributed by atoms with van der Waals surface area (Å²) in [6.07, 6.45) is 0. The van der Waals surface area contributed by atoms with Crippen molar-refractivity contribution in [2.24, 2.45) is 0 Å². The van der Waals surface area contributed by atoms with Crippen LogP contribution in [0.5, 0.6) is 5.75 Å². The predicted molar refractivity (Wildman–Crippen MR) is 59.8 cm³/mol. The summed E-state index contributed by atoms with van der Waals surface area (Å²) in [5, 5.41) is 1.53. The quantitative estimate of drug-likeness (QED) is 0.602. The summed E-state index contributed by atoms with van der Waals surface area (Å²) in [6.45, 7) is 0. The molecule has 1 atom stereocenters. The van der Waals surface area contributed by atoms with Crippen LogP contribution in [0.3, 0.4) is 0 Å². The maximum Gasteiger partial charge on any atom is 0.357 e. The van der Waals surface area contributed by atoms with Crippen molar-refractivity contribution in [2.45, 2.75) is 0 Å². The number of anilines is 1. The van der Waals surface area contributed by atoms with E-state index in [0.717, 1.165) is 10.8 Å². The number of hydrogen-bond donors (Lipinski definition) is 2. The molecule has 0 saturated heterocycles. The Morgan fingerprint density at radius 3 is 2.47 bits per heavy atom. The van der Waals surface area contributed by atoms with Crippen LogP contribution in [0.15, 0.2) is 36.4 Å². The van der Waals surface area contributed by atoms with E-state index in [1.807, 2.05) is 18.2 Å². The van der Waals surface area contributed by atoms with Crippen LogP contribution >= 0.6 is 0 Å². The number of benzene rings is 2. The lowest BCUT2D eigenvalue weighted by atomic mass is 10.1. The first-order valence-corrected chi connectivity index (χ1v) is 5.28. The second kappa shape index (κ2) is 3.88. The van der Waals surface area contributed by atoms with Gasteiger partial charge in [0.2, 0.25) is 0 Å². The molecule has 2 rings (SSSR count). The first-order valence-electron chi connectivity index (χ1n) is 4.25. The maximum atomic E-state index is 10.6. The molecule has 0 spiro atoms. The fourth-order valence-electron chi connectivity index (χ4n) is 1.44. The third-order valence-corrected chi connectivity index (χ3v) is 2.40. The van der Waals surface area contributed by atoms with Crippen LogP contribution in [0, 0.1) is 0 Å².